The molecule has 2 heteroatoms. The topological polar surface area (TPSA) is 20.2 Å². The molecule has 0 radical (unpaired) electrons. The van der Waals surface area contributed by atoms with E-state index in [4.69, 9.17) is 5.11 Å². The van der Waals surface area contributed by atoms with Gasteiger partial charge in [0.05, 0.1) is 14.3 Å². The molecule has 0 unspecified atom stereocenters. The third-order valence-corrected chi connectivity index (χ3v) is 7.27. The van der Waals surface area contributed by atoms with Crippen molar-refractivity contribution in [3.63, 3.8) is 0 Å². The molecule has 0 aromatic heterocycles. The number of aliphatic hydroxyl groups is 1. The maximum atomic E-state index is 8.62. The predicted molar refractivity (Wildman–Crippen MR) is 49.0 cm³/mol. The Hall–Kier alpha value is -0.243. The van der Waals surface area contributed by atoms with E-state index in [0.717, 1.165) is 0 Å². The van der Waals surface area contributed by atoms with Gasteiger partial charge in [0.2, 0.25) is 0 Å². The molecule has 0 saturated heterocycles. The molecule has 0 aromatic rings. The maximum absolute atomic E-state index is 8.62. The van der Waals surface area contributed by atoms with E-state index in [1.54, 1.807) is 0 Å². The Kier molecular flexibility index (Phi) is 2.72. The summed E-state index contributed by atoms with van der Waals surface area (Å²) in [5.74, 6) is 0. The quantitative estimate of drug-likeness (QED) is 0.459. The summed E-state index contributed by atoms with van der Waals surface area (Å²) in [5, 5.41) is 8.96. The molecule has 1 N–H and O–H groups in total. The van der Waals surface area contributed by atoms with Crippen LogP contribution in [0.5, 0.6) is 0 Å². The average molecular weight is 158 g/mol. The van der Waals surface area contributed by atoms with Crippen molar-refractivity contribution >= 4 is 8.07 Å². The van der Waals surface area contributed by atoms with Crippen molar-refractivity contribution in [3.05, 3.63) is 12.0 Å². The first-order chi connectivity index (χ1) is 4.31. The summed E-state index contributed by atoms with van der Waals surface area (Å²) in [6, 6.07) is 0. The van der Waals surface area contributed by atoms with E-state index in [9.17, 15) is 0 Å². The molecule has 0 atom stereocenters. The molecule has 0 spiro atoms. The molecule has 0 aliphatic rings. The first-order valence-corrected chi connectivity index (χ1v) is 6.71. The van der Waals surface area contributed by atoms with Gasteiger partial charge >= 0.3 is 0 Å². The Morgan fingerprint density at radius 3 is 1.70 bits per heavy atom. The molecule has 10 heavy (non-hydrogen) atoms. The molecule has 0 amide bonds. The predicted octanol–water partition coefficient (Wildman–Crippen LogP) is 3.11. The normalized spacial score (nSPS) is 14.5. The highest BCUT2D eigenvalue weighted by Crippen LogP contribution is 2.36. The lowest BCUT2D eigenvalue weighted by atomic mass is 10.2. The summed E-state index contributed by atoms with van der Waals surface area (Å²) in [4.78, 5) is 0. The Morgan fingerprint density at radius 2 is 1.60 bits per heavy atom. The molecule has 0 aromatic carbocycles. The van der Waals surface area contributed by atoms with Crippen LogP contribution < -0.4 is 0 Å². The van der Waals surface area contributed by atoms with Crippen LogP contribution in [0.3, 0.4) is 0 Å². The van der Waals surface area contributed by atoms with Crippen LogP contribution in [0.2, 0.25) is 18.1 Å². The first kappa shape index (κ1) is 9.76. The molecule has 0 heterocycles. The molecule has 0 aliphatic carbocycles. The van der Waals surface area contributed by atoms with Gasteiger partial charge in [-0.2, -0.15) is 0 Å². The number of rotatable bonds is 1. The van der Waals surface area contributed by atoms with Gasteiger partial charge in [0, 0.05) is 0 Å². The summed E-state index contributed by atoms with van der Waals surface area (Å²) >= 11 is 0. The Labute approximate surface area is 64.8 Å². The van der Waals surface area contributed by atoms with Gasteiger partial charge < -0.3 is 5.11 Å². The number of hydrogen-bond donors (Lipinski definition) is 1. The lowest BCUT2D eigenvalue weighted by Crippen LogP contribution is -2.34. The van der Waals surface area contributed by atoms with E-state index >= 15 is 0 Å². The summed E-state index contributed by atoms with van der Waals surface area (Å²) in [6.45, 7) is 11.2. The average Bonchev–Trinajstić information content (AvgIpc) is 1.61. The summed E-state index contributed by atoms with van der Waals surface area (Å²) < 4.78 is 0. The van der Waals surface area contributed by atoms with Crippen LogP contribution in [-0.2, 0) is 0 Å². The zero-order chi connectivity index (χ0) is 8.41. The van der Waals surface area contributed by atoms with Crippen LogP contribution in [0.4, 0.5) is 0 Å². The van der Waals surface area contributed by atoms with Crippen molar-refractivity contribution in [2.24, 2.45) is 0 Å². The molecule has 60 valence electrons. The zero-order valence-corrected chi connectivity index (χ0v) is 8.60. The minimum absolute atomic E-state index is 0.340. The van der Waals surface area contributed by atoms with Crippen LogP contribution in [0.25, 0.3) is 0 Å². The molecule has 0 aliphatic heterocycles. The molecule has 0 saturated carbocycles. The van der Waals surface area contributed by atoms with E-state index in [-0.39, 0.29) is 0 Å². The molecule has 0 bridgehead atoms. The zero-order valence-electron chi connectivity index (χ0n) is 7.60. The minimum atomic E-state index is -1.34. The van der Waals surface area contributed by atoms with Crippen molar-refractivity contribution in [1.29, 1.82) is 0 Å². The van der Waals surface area contributed by atoms with Crippen molar-refractivity contribution in [2.75, 3.05) is 0 Å². The van der Waals surface area contributed by atoms with E-state index in [1.165, 1.54) is 6.26 Å². The third kappa shape index (κ3) is 2.18. The van der Waals surface area contributed by atoms with E-state index in [2.05, 4.69) is 33.9 Å². The monoisotopic (exact) mass is 158 g/mol. The van der Waals surface area contributed by atoms with Crippen molar-refractivity contribution in [2.45, 2.75) is 38.9 Å². The summed E-state index contributed by atoms with van der Waals surface area (Å²) in [7, 11) is -1.34. The van der Waals surface area contributed by atoms with Crippen molar-refractivity contribution in [1.82, 2.24) is 0 Å². The highest BCUT2D eigenvalue weighted by molar-refractivity contribution is 6.84. The van der Waals surface area contributed by atoms with E-state index in [1.807, 2.05) is 5.70 Å². The standard InChI is InChI=1S/C8H18OSi/c1-8(2,3)10(4,5)7-6-9/h6-7,9H,1-5H3. The second-order valence-electron chi connectivity index (χ2n) is 4.29. The first-order valence-electron chi connectivity index (χ1n) is 3.63. The Morgan fingerprint density at radius 1 is 1.20 bits per heavy atom. The SMILES string of the molecule is CC(C)(C)[Si](C)(C)C=CO. The van der Waals surface area contributed by atoms with Gasteiger partial charge in [-0.05, 0) is 5.04 Å². The summed E-state index contributed by atoms with van der Waals surface area (Å²) in [5.41, 5.74) is 1.97. The van der Waals surface area contributed by atoms with Gasteiger partial charge in [0.15, 0.2) is 0 Å². The van der Waals surface area contributed by atoms with Crippen LogP contribution >= 0.6 is 0 Å². The molecule has 0 fully saturated rings. The molecular formula is C8H18OSi. The molecule has 1 nitrogen and oxygen atoms in total. The van der Waals surface area contributed by atoms with Gasteiger partial charge in [-0.15, -0.1) is 0 Å². The van der Waals surface area contributed by atoms with Gasteiger partial charge in [-0.1, -0.05) is 39.6 Å². The fourth-order valence-corrected chi connectivity index (χ4v) is 1.31. The van der Waals surface area contributed by atoms with Gasteiger partial charge in [0.25, 0.3) is 0 Å². The van der Waals surface area contributed by atoms with E-state index < -0.39 is 8.07 Å². The van der Waals surface area contributed by atoms with Crippen LogP contribution in [0.15, 0.2) is 12.0 Å². The minimum Gasteiger partial charge on any atom is -0.516 e. The maximum Gasteiger partial charge on any atom is 0.0809 e. The van der Waals surface area contributed by atoms with Crippen LogP contribution in [0, 0.1) is 0 Å². The molecular weight excluding hydrogens is 140 g/mol. The largest absolute Gasteiger partial charge is 0.516 e. The summed E-state index contributed by atoms with van der Waals surface area (Å²) in [6.07, 6.45) is 1.19. The fourth-order valence-electron chi connectivity index (χ4n) is 0.436. The van der Waals surface area contributed by atoms with Crippen LogP contribution in [0.1, 0.15) is 20.8 Å². The van der Waals surface area contributed by atoms with Crippen molar-refractivity contribution in [3.8, 4) is 0 Å². The Balaban J connectivity index is 4.40. The number of hydrogen-bond acceptors (Lipinski definition) is 1. The van der Waals surface area contributed by atoms with E-state index in [0.29, 0.717) is 5.04 Å². The van der Waals surface area contributed by atoms with Gasteiger partial charge in [-0.25, -0.2) is 0 Å². The highest BCUT2D eigenvalue weighted by Gasteiger charge is 2.32. The second-order valence-corrected chi connectivity index (χ2v) is 9.56. The highest BCUT2D eigenvalue weighted by atomic mass is 28.3. The number of aliphatic hydroxyl groups excluding tert-OH is 1. The third-order valence-electron chi connectivity index (χ3n) is 2.42. The smallest absolute Gasteiger partial charge is 0.0809 e. The van der Waals surface area contributed by atoms with Gasteiger partial charge in [0.1, 0.15) is 0 Å². The Bertz CT molecular complexity index is 131. The lowest BCUT2D eigenvalue weighted by Gasteiger charge is -2.33. The second kappa shape index (κ2) is 2.78. The molecule has 0 rings (SSSR count). The van der Waals surface area contributed by atoms with Crippen molar-refractivity contribution < 1.29 is 5.11 Å². The van der Waals surface area contributed by atoms with Crippen LogP contribution in [-0.4, -0.2) is 13.2 Å². The lowest BCUT2D eigenvalue weighted by molar-refractivity contribution is 0.474. The van der Waals surface area contributed by atoms with Gasteiger partial charge in [-0.3, -0.25) is 0 Å². The fraction of sp³-hybridized carbons (Fsp3) is 0.750.